The van der Waals surface area contributed by atoms with E-state index in [-0.39, 0.29) is 17.9 Å². The van der Waals surface area contributed by atoms with Gasteiger partial charge in [0.25, 0.3) is 0 Å². The molecule has 16 heavy (non-hydrogen) atoms. The number of nitrogen functional groups attached to an aromatic ring is 1. The predicted octanol–water partition coefficient (Wildman–Crippen LogP) is -0.488. The molecule has 0 bridgehead atoms. The van der Waals surface area contributed by atoms with E-state index in [2.05, 4.69) is 15.0 Å². The molecule has 88 valence electrons. The van der Waals surface area contributed by atoms with Gasteiger partial charge in [-0.25, -0.2) is 9.48 Å². The van der Waals surface area contributed by atoms with E-state index in [4.69, 9.17) is 10.8 Å². The van der Waals surface area contributed by atoms with Gasteiger partial charge in [0.15, 0.2) is 5.82 Å². The zero-order valence-electron chi connectivity index (χ0n) is 8.71. The summed E-state index contributed by atoms with van der Waals surface area (Å²) in [6.45, 7) is 0.294. The van der Waals surface area contributed by atoms with Crippen molar-refractivity contribution >= 4 is 17.8 Å². The lowest BCUT2D eigenvalue weighted by Gasteiger charge is -2.01. The topological polar surface area (TPSA) is 120 Å². The minimum Gasteiger partial charge on any atom is -0.481 e. The molecule has 0 aliphatic heterocycles. The maximum atomic E-state index is 11.1. The van der Waals surface area contributed by atoms with Crippen LogP contribution in [-0.4, -0.2) is 39.1 Å². The molecule has 0 radical (unpaired) electrons. The van der Waals surface area contributed by atoms with Crippen LogP contribution < -0.4 is 5.73 Å². The van der Waals surface area contributed by atoms with Crippen LogP contribution in [0.15, 0.2) is 0 Å². The number of aryl methyl sites for hydroxylation is 1. The number of anilines is 1. The van der Waals surface area contributed by atoms with Gasteiger partial charge in [0.05, 0.1) is 7.11 Å². The highest BCUT2D eigenvalue weighted by Crippen LogP contribution is 2.09. The molecule has 1 rings (SSSR count). The number of ether oxygens (including phenoxy) is 1. The van der Waals surface area contributed by atoms with Crippen molar-refractivity contribution in [3.8, 4) is 0 Å². The number of hydrogen-bond donors (Lipinski definition) is 2. The Hall–Kier alpha value is -2.12. The van der Waals surface area contributed by atoms with Gasteiger partial charge in [-0.05, 0) is 6.42 Å². The number of carboxylic acids is 1. The van der Waals surface area contributed by atoms with E-state index in [0.29, 0.717) is 13.0 Å². The highest BCUT2D eigenvalue weighted by molar-refractivity contribution is 5.91. The molecular weight excluding hydrogens is 216 g/mol. The molecule has 1 heterocycles. The number of methoxy groups -OCH3 is 1. The van der Waals surface area contributed by atoms with E-state index in [9.17, 15) is 9.59 Å². The lowest BCUT2D eigenvalue weighted by atomic mass is 10.3. The molecule has 0 aromatic carbocycles. The number of aromatic nitrogens is 3. The molecule has 0 atom stereocenters. The van der Waals surface area contributed by atoms with Crippen molar-refractivity contribution in [3.63, 3.8) is 0 Å². The van der Waals surface area contributed by atoms with Crippen molar-refractivity contribution in [1.29, 1.82) is 0 Å². The van der Waals surface area contributed by atoms with Gasteiger partial charge in [0, 0.05) is 13.0 Å². The average molecular weight is 228 g/mol. The Bertz CT molecular complexity index is 401. The maximum Gasteiger partial charge on any atom is 0.362 e. The average Bonchev–Trinajstić information content (AvgIpc) is 2.59. The molecule has 8 nitrogen and oxygen atoms in total. The molecular formula is C8H12N4O4. The molecule has 8 heteroatoms. The summed E-state index contributed by atoms with van der Waals surface area (Å²) in [6, 6.07) is 0. The first-order valence-corrected chi connectivity index (χ1v) is 4.55. The second-order valence-electron chi connectivity index (χ2n) is 3.04. The monoisotopic (exact) mass is 228 g/mol. The molecule has 0 amide bonds. The second kappa shape index (κ2) is 5.10. The Morgan fingerprint density at radius 3 is 2.81 bits per heavy atom. The minimum absolute atomic E-state index is 0.00680. The van der Waals surface area contributed by atoms with Gasteiger partial charge >= 0.3 is 11.9 Å². The minimum atomic E-state index is -0.896. The van der Waals surface area contributed by atoms with Gasteiger partial charge < -0.3 is 15.6 Å². The summed E-state index contributed by atoms with van der Waals surface area (Å²) in [6.07, 6.45) is 0.371. The van der Waals surface area contributed by atoms with Crippen molar-refractivity contribution in [1.82, 2.24) is 15.0 Å². The standard InChI is InChI=1S/C8H12N4O4/c1-16-8(15)6-7(9)12(11-10-6)4-2-3-5(13)14/h2-4,9H2,1H3,(H,13,14). The van der Waals surface area contributed by atoms with Crippen LogP contribution >= 0.6 is 0 Å². The summed E-state index contributed by atoms with van der Waals surface area (Å²) in [5.41, 5.74) is 5.53. The molecule has 3 N–H and O–H groups in total. The molecule has 0 aliphatic rings. The summed E-state index contributed by atoms with van der Waals surface area (Å²) in [4.78, 5) is 21.4. The van der Waals surface area contributed by atoms with Crippen molar-refractivity contribution in [2.45, 2.75) is 19.4 Å². The third-order valence-corrected chi connectivity index (χ3v) is 1.91. The number of esters is 1. The number of hydrogen-bond acceptors (Lipinski definition) is 6. The number of nitrogens with zero attached hydrogens (tertiary/aromatic N) is 3. The fraction of sp³-hybridized carbons (Fsp3) is 0.500. The smallest absolute Gasteiger partial charge is 0.362 e. The van der Waals surface area contributed by atoms with Crippen LogP contribution in [0, 0.1) is 0 Å². The lowest BCUT2D eigenvalue weighted by molar-refractivity contribution is -0.137. The molecule has 0 saturated carbocycles. The van der Waals surface area contributed by atoms with E-state index in [1.165, 1.54) is 11.8 Å². The van der Waals surface area contributed by atoms with Gasteiger partial charge in [0.1, 0.15) is 0 Å². The molecule has 1 aromatic rings. The third-order valence-electron chi connectivity index (χ3n) is 1.91. The number of carbonyl (C=O) groups excluding carboxylic acids is 1. The summed E-state index contributed by atoms with van der Waals surface area (Å²) in [5.74, 6) is -1.48. The molecule has 0 saturated heterocycles. The van der Waals surface area contributed by atoms with E-state index in [1.807, 2.05) is 0 Å². The summed E-state index contributed by atoms with van der Waals surface area (Å²) in [7, 11) is 1.21. The molecule has 0 aliphatic carbocycles. The highest BCUT2D eigenvalue weighted by atomic mass is 16.5. The Kier molecular flexibility index (Phi) is 3.81. The Balaban J connectivity index is 2.65. The van der Waals surface area contributed by atoms with Gasteiger partial charge in [-0.1, -0.05) is 5.21 Å². The summed E-state index contributed by atoms with van der Waals surface area (Å²) >= 11 is 0. The van der Waals surface area contributed by atoms with Crippen LogP contribution in [0.4, 0.5) is 5.82 Å². The predicted molar refractivity (Wildman–Crippen MR) is 52.6 cm³/mol. The van der Waals surface area contributed by atoms with Crippen molar-refractivity contribution in [2.24, 2.45) is 0 Å². The van der Waals surface area contributed by atoms with E-state index < -0.39 is 11.9 Å². The van der Waals surface area contributed by atoms with E-state index in [1.54, 1.807) is 0 Å². The second-order valence-corrected chi connectivity index (χ2v) is 3.04. The fourth-order valence-corrected chi connectivity index (χ4v) is 1.11. The Morgan fingerprint density at radius 2 is 2.25 bits per heavy atom. The van der Waals surface area contributed by atoms with E-state index >= 15 is 0 Å². The summed E-state index contributed by atoms with van der Waals surface area (Å²) in [5, 5.41) is 15.6. The quantitative estimate of drug-likeness (QED) is 0.652. The normalized spacial score (nSPS) is 10.1. The first-order chi connectivity index (χ1) is 7.56. The number of carboxylic acid groups (broad SMARTS) is 1. The molecule has 1 aromatic heterocycles. The van der Waals surface area contributed by atoms with Crippen LogP contribution in [0.5, 0.6) is 0 Å². The summed E-state index contributed by atoms with van der Waals surface area (Å²) < 4.78 is 5.72. The largest absolute Gasteiger partial charge is 0.481 e. The van der Waals surface area contributed by atoms with Crippen LogP contribution in [-0.2, 0) is 16.1 Å². The first kappa shape index (κ1) is 12.0. The SMILES string of the molecule is COC(=O)c1nnn(CCCC(=O)O)c1N. The lowest BCUT2D eigenvalue weighted by Crippen LogP contribution is -2.09. The number of carbonyl (C=O) groups is 2. The van der Waals surface area contributed by atoms with Gasteiger partial charge in [-0.15, -0.1) is 5.10 Å². The number of rotatable bonds is 5. The Labute approximate surface area is 91.0 Å². The van der Waals surface area contributed by atoms with Crippen LogP contribution in [0.2, 0.25) is 0 Å². The van der Waals surface area contributed by atoms with Gasteiger partial charge in [-0.3, -0.25) is 4.79 Å². The highest BCUT2D eigenvalue weighted by Gasteiger charge is 2.17. The van der Waals surface area contributed by atoms with Crippen LogP contribution in [0.1, 0.15) is 23.3 Å². The molecule has 0 spiro atoms. The number of aliphatic carboxylic acids is 1. The van der Waals surface area contributed by atoms with Crippen LogP contribution in [0.3, 0.4) is 0 Å². The molecule has 0 fully saturated rings. The zero-order valence-corrected chi connectivity index (χ0v) is 8.71. The van der Waals surface area contributed by atoms with Crippen molar-refractivity contribution < 1.29 is 19.4 Å². The fourth-order valence-electron chi connectivity index (χ4n) is 1.11. The van der Waals surface area contributed by atoms with Crippen LogP contribution in [0.25, 0.3) is 0 Å². The van der Waals surface area contributed by atoms with Crippen molar-refractivity contribution in [3.05, 3.63) is 5.69 Å². The van der Waals surface area contributed by atoms with Crippen molar-refractivity contribution in [2.75, 3.05) is 12.8 Å². The number of nitrogens with two attached hydrogens (primary N) is 1. The maximum absolute atomic E-state index is 11.1. The Morgan fingerprint density at radius 1 is 1.56 bits per heavy atom. The molecule has 0 unspecified atom stereocenters. The first-order valence-electron chi connectivity index (χ1n) is 4.55. The zero-order chi connectivity index (χ0) is 12.1. The van der Waals surface area contributed by atoms with Gasteiger partial charge in [-0.2, -0.15) is 0 Å². The van der Waals surface area contributed by atoms with E-state index in [0.717, 1.165) is 0 Å². The third kappa shape index (κ3) is 2.69. The van der Waals surface area contributed by atoms with Gasteiger partial charge in [0.2, 0.25) is 5.69 Å².